The molecule has 242 valence electrons. The zero-order valence-corrected chi connectivity index (χ0v) is 25.0. The van der Waals surface area contributed by atoms with Crippen molar-refractivity contribution in [2.75, 3.05) is 19.9 Å². The molecule has 5 aliphatic carbocycles. The standard InChI is InChI=1S/C33H39F2N3O7/c1-18-22(8-5-9-25(18)39)28(41)37-32(13-23(32)20-6-3-2-4-7-20)27(40)30(43)38-16-31(34,35)14-24(38)29(42)36-15-19-10-21-12-33(21)26(11-19)44-17-45-33/h3,5-8,10-11,21,23-25,27,29,36,39-40,42H,2,4,9,12-17H2,1H3,(H,37,41)/t21?,23?,24-,25?,27+,29?,32?,33?/m0/s1. The van der Waals surface area contributed by atoms with E-state index in [-0.39, 0.29) is 36.9 Å². The quantitative estimate of drug-likeness (QED) is 0.244. The van der Waals surface area contributed by atoms with Crippen molar-refractivity contribution in [1.82, 2.24) is 15.5 Å². The van der Waals surface area contributed by atoms with E-state index in [1.165, 1.54) is 0 Å². The van der Waals surface area contributed by atoms with E-state index in [0.29, 0.717) is 12.0 Å². The third-order valence-corrected chi connectivity index (χ3v) is 10.4. The van der Waals surface area contributed by atoms with Gasteiger partial charge in [0.05, 0.1) is 24.2 Å². The first-order valence-corrected chi connectivity index (χ1v) is 15.7. The first-order valence-electron chi connectivity index (χ1n) is 15.7. The van der Waals surface area contributed by atoms with Gasteiger partial charge in [-0.1, -0.05) is 36.5 Å². The molecule has 7 rings (SSSR count). The van der Waals surface area contributed by atoms with Gasteiger partial charge in [-0.05, 0) is 61.8 Å². The number of allylic oxidation sites excluding steroid dienone is 3. The Bertz CT molecular complexity index is 1480. The Morgan fingerprint density at radius 2 is 1.98 bits per heavy atom. The number of carbonyl (C=O) groups is 2. The molecule has 0 bridgehead atoms. The van der Waals surface area contributed by atoms with Crippen molar-refractivity contribution in [1.29, 1.82) is 0 Å². The zero-order chi connectivity index (χ0) is 31.7. The van der Waals surface area contributed by atoms with Gasteiger partial charge >= 0.3 is 0 Å². The van der Waals surface area contributed by atoms with Crippen LogP contribution in [0.4, 0.5) is 8.78 Å². The number of rotatable bonds is 9. The van der Waals surface area contributed by atoms with Crippen LogP contribution in [-0.2, 0) is 19.1 Å². The van der Waals surface area contributed by atoms with E-state index in [9.17, 15) is 33.7 Å². The number of halogens is 2. The average Bonchev–Trinajstić information content (AvgIpc) is 3.84. The SMILES string of the molecule is CC1=C(C(=O)NC2([C@H](O)C(=O)N3CC(F)(F)C[C@H]3C(O)NCC3=CC4CC45OCOC5=C3)CC2C2=CCCC=C2)C=CCC1O. The number of amides is 2. The second kappa shape index (κ2) is 11.0. The summed E-state index contributed by atoms with van der Waals surface area (Å²) < 4.78 is 41.0. The highest BCUT2D eigenvalue weighted by Crippen LogP contribution is 2.58. The summed E-state index contributed by atoms with van der Waals surface area (Å²) in [5.74, 6) is -4.35. The van der Waals surface area contributed by atoms with Crippen LogP contribution in [0.25, 0.3) is 0 Å². The van der Waals surface area contributed by atoms with Crippen molar-refractivity contribution in [2.45, 2.75) is 87.0 Å². The molecule has 0 aromatic rings. The van der Waals surface area contributed by atoms with Gasteiger partial charge in [-0.15, -0.1) is 0 Å². The smallest absolute Gasteiger partial charge is 0.267 e. The van der Waals surface area contributed by atoms with Crippen molar-refractivity contribution < 1.29 is 43.2 Å². The van der Waals surface area contributed by atoms with Gasteiger partial charge in [0.1, 0.15) is 17.6 Å². The Balaban J connectivity index is 1.09. The minimum atomic E-state index is -3.28. The van der Waals surface area contributed by atoms with Crippen LogP contribution in [0.2, 0.25) is 0 Å². The molecule has 7 aliphatic rings. The van der Waals surface area contributed by atoms with Crippen molar-refractivity contribution >= 4 is 11.8 Å². The number of carbonyl (C=O) groups excluding carboxylic acids is 2. The molecule has 2 heterocycles. The fraction of sp³-hybridized carbons (Fsp3) is 0.576. The number of hydrogen-bond acceptors (Lipinski definition) is 8. The van der Waals surface area contributed by atoms with Crippen LogP contribution in [0, 0.1) is 11.8 Å². The summed E-state index contributed by atoms with van der Waals surface area (Å²) in [7, 11) is 0. The first-order chi connectivity index (χ1) is 21.4. The molecule has 0 aromatic heterocycles. The molecular weight excluding hydrogens is 588 g/mol. The van der Waals surface area contributed by atoms with Crippen LogP contribution in [-0.4, -0.2) is 93.5 Å². The summed E-state index contributed by atoms with van der Waals surface area (Å²) in [6.07, 6.45) is 11.0. The Hall–Kier alpha value is -3.16. The molecule has 4 fully saturated rings. The van der Waals surface area contributed by atoms with Gasteiger partial charge in [0.2, 0.25) is 0 Å². The summed E-state index contributed by atoms with van der Waals surface area (Å²) in [5.41, 5.74) is 0.559. The Morgan fingerprint density at radius 3 is 2.76 bits per heavy atom. The molecule has 1 spiro atoms. The van der Waals surface area contributed by atoms with E-state index in [2.05, 4.69) is 10.6 Å². The van der Waals surface area contributed by atoms with E-state index in [4.69, 9.17) is 9.47 Å². The maximum atomic E-state index is 14.8. The second-order valence-corrected chi connectivity index (χ2v) is 13.4. The molecule has 0 aromatic carbocycles. The van der Waals surface area contributed by atoms with Crippen molar-refractivity contribution in [3.63, 3.8) is 0 Å². The molecule has 6 unspecified atom stereocenters. The fourth-order valence-electron chi connectivity index (χ4n) is 7.59. The molecular formula is C33H39F2N3O7. The third-order valence-electron chi connectivity index (χ3n) is 10.4. The van der Waals surface area contributed by atoms with Crippen molar-refractivity contribution in [3.8, 4) is 0 Å². The lowest BCUT2D eigenvalue weighted by Gasteiger charge is -2.33. The van der Waals surface area contributed by atoms with Crippen LogP contribution >= 0.6 is 0 Å². The van der Waals surface area contributed by atoms with E-state index in [1.807, 2.05) is 30.4 Å². The number of likely N-dealkylation sites (tertiary alicyclic amines) is 1. The summed E-state index contributed by atoms with van der Waals surface area (Å²) in [5, 5.41) is 38.7. The summed E-state index contributed by atoms with van der Waals surface area (Å²) in [6, 6.07) is -1.31. The predicted octanol–water partition coefficient (Wildman–Crippen LogP) is 1.87. The Morgan fingerprint density at radius 1 is 1.16 bits per heavy atom. The molecule has 2 amide bonds. The number of aliphatic hydroxyl groups is 3. The third kappa shape index (κ3) is 5.30. The lowest BCUT2D eigenvalue weighted by atomic mass is 9.93. The largest absolute Gasteiger partial charge is 0.469 e. The molecule has 0 radical (unpaired) electrons. The molecule has 2 saturated heterocycles. The molecule has 45 heavy (non-hydrogen) atoms. The highest BCUT2D eigenvalue weighted by atomic mass is 19.3. The topological polar surface area (TPSA) is 141 Å². The number of aliphatic hydroxyl groups excluding tert-OH is 3. The number of alkyl halides is 2. The second-order valence-electron chi connectivity index (χ2n) is 13.4. The first kappa shape index (κ1) is 30.5. The van der Waals surface area contributed by atoms with Gasteiger partial charge in [-0.25, -0.2) is 8.78 Å². The molecule has 2 aliphatic heterocycles. The number of ether oxygens (including phenoxy) is 2. The Labute approximate surface area is 259 Å². The van der Waals surface area contributed by atoms with Crippen LogP contribution in [0.15, 0.2) is 70.6 Å². The van der Waals surface area contributed by atoms with Gasteiger partial charge in [-0.3, -0.25) is 14.9 Å². The maximum Gasteiger partial charge on any atom is 0.267 e. The number of hydrogen-bond donors (Lipinski definition) is 5. The lowest BCUT2D eigenvalue weighted by Crippen LogP contribution is -2.58. The monoisotopic (exact) mass is 627 g/mol. The van der Waals surface area contributed by atoms with Gasteiger partial charge in [-0.2, -0.15) is 0 Å². The number of nitrogens with one attached hydrogen (secondary N) is 2. The molecule has 10 nitrogen and oxygen atoms in total. The fourth-order valence-corrected chi connectivity index (χ4v) is 7.59. The summed E-state index contributed by atoms with van der Waals surface area (Å²) >= 11 is 0. The summed E-state index contributed by atoms with van der Waals surface area (Å²) in [6.45, 7) is 1.02. The molecule has 12 heteroatoms. The highest BCUT2D eigenvalue weighted by Gasteiger charge is 2.65. The van der Waals surface area contributed by atoms with E-state index >= 15 is 0 Å². The van der Waals surface area contributed by atoms with Crippen LogP contribution in [0.3, 0.4) is 0 Å². The van der Waals surface area contributed by atoms with Gasteiger partial charge in [0.25, 0.3) is 17.7 Å². The van der Waals surface area contributed by atoms with E-state index in [0.717, 1.165) is 41.1 Å². The highest BCUT2D eigenvalue weighted by molar-refractivity contribution is 5.99. The van der Waals surface area contributed by atoms with Gasteiger partial charge in [0.15, 0.2) is 12.9 Å². The van der Waals surface area contributed by atoms with Crippen molar-refractivity contribution in [3.05, 3.63) is 70.6 Å². The minimum absolute atomic E-state index is 0.156. The van der Waals surface area contributed by atoms with Gasteiger partial charge in [0, 0.05) is 30.4 Å². The van der Waals surface area contributed by atoms with E-state index < -0.39 is 66.6 Å². The normalized spacial score (nSPS) is 37.1. The molecule has 2 saturated carbocycles. The zero-order valence-electron chi connectivity index (χ0n) is 25.0. The number of nitrogens with zero attached hydrogens (tertiary/aromatic N) is 1. The Kier molecular flexibility index (Phi) is 7.44. The van der Waals surface area contributed by atoms with Gasteiger partial charge < -0.3 is 35.0 Å². The van der Waals surface area contributed by atoms with Crippen LogP contribution < -0.4 is 10.6 Å². The maximum absolute atomic E-state index is 14.8. The molecule has 8 atom stereocenters. The summed E-state index contributed by atoms with van der Waals surface area (Å²) in [4.78, 5) is 28.3. The molecule has 5 N–H and O–H groups in total. The van der Waals surface area contributed by atoms with Crippen LogP contribution in [0.1, 0.15) is 45.4 Å². The van der Waals surface area contributed by atoms with Crippen LogP contribution in [0.5, 0.6) is 0 Å². The van der Waals surface area contributed by atoms with Crippen molar-refractivity contribution in [2.24, 2.45) is 11.8 Å². The van der Waals surface area contributed by atoms with E-state index in [1.54, 1.807) is 19.1 Å². The predicted molar refractivity (Wildman–Crippen MR) is 157 cm³/mol. The lowest BCUT2D eigenvalue weighted by molar-refractivity contribution is -0.147. The minimum Gasteiger partial charge on any atom is -0.469 e. The average molecular weight is 628 g/mol.